The summed E-state index contributed by atoms with van der Waals surface area (Å²) in [6, 6.07) is 0. The molecule has 0 saturated carbocycles. The van der Waals surface area contributed by atoms with Crippen LogP contribution in [0, 0.1) is 0 Å². The zero-order valence-corrected chi connectivity index (χ0v) is 15.0. The summed E-state index contributed by atoms with van der Waals surface area (Å²) in [5.74, 6) is 2.10. The van der Waals surface area contributed by atoms with Gasteiger partial charge < -0.3 is 20.2 Å². The summed E-state index contributed by atoms with van der Waals surface area (Å²) >= 11 is 0. The molecule has 1 saturated heterocycles. The number of aromatic nitrogens is 4. The lowest BCUT2D eigenvalue weighted by atomic mass is 10.3. The SMILES string of the molecule is CCCNc1nc(N(C)C)nc2c(N3CCC(O)C3)ncnc12.Cl. The molecular weight excluding hydrogens is 330 g/mol. The predicted octanol–water partition coefficient (Wildman–Crippen LogP) is 1.30. The van der Waals surface area contributed by atoms with E-state index in [1.54, 1.807) is 0 Å². The molecule has 0 spiro atoms. The maximum Gasteiger partial charge on any atom is 0.227 e. The molecule has 9 heteroatoms. The van der Waals surface area contributed by atoms with Crippen LogP contribution in [-0.2, 0) is 0 Å². The first-order chi connectivity index (χ1) is 11.1. The van der Waals surface area contributed by atoms with Crippen molar-refractivity contribution in [3.63, 3.8) is 0 Å². The molecule has 0 bridgehead atoms. The predicted molar refractivity (Wildman–Crippen MR) is 98.3 cm³/mol. The van der Waals surface area contributed by atoms with Crippen molar-refractivity contribution in [1.82, 2.24) is 19.9 Å². The Bertz CT molecular complexity index is 697. The lowest BCUT2D eigenvalue weighted by Crippen LogP contribution is -2.23. The fourth-order valence-corrected chi connectivity index (χ4v) is 2.66. The van der Waals surface area contributed by atoms with Gasteiger partial charge in [-0.3, -0.25) is 0 Å². The van der Waals surface area contributed by atoms with Crippen molar-refractivity contribution in [1.29, 1.82) is 0 Å². The monoisotopic (exact) mass is 353 g/mol. The van der Waals surface area contributed by atoms with Crippen LogP contribution < -0.4 is 15.1 Å². The van der Waals surface area contributed by atoms with Crippen LogP contribution in [0.4, 0.5) is 17.6 Å². The van der Waals surface area contributed by atoms with E-state index in [4.69, 9.17) is 0 Å². The van der Waals surface area contributed by atoms with Crippen LogP contribution >= 0.6 is 12.4 Å². The minimum Gasteiger partial charge on any atom is -0.391 e. The molecule has 1 unspecified atom stereocenters. The summed E-state index contributed by atoms with van der Waals surface area (Å²) in [4.78, 5) is 21.9. The molecule has 1 fully saturated rings. The van der Waals surface area contributed by atoms with Gasteiger partial charge in [0, 0.05) is 33.7 Å². The molecule has 1 aliphatic heterocycles. The van der Waals surface area contributed by atoms with E-state index in [0.29, 0.717) is 12.5 Å². The van der Waals surface area contributed by atoms with E-state index in [-0.39, 0.29) is 18.5 Å². The fraction of sp³-hybridized carbons (Fsp3) is 0.600. The number of halogens is 1. The molecule has 1 aliphatic rings. The van der Waals surface area contributed by atoms with Crippen molar-refractivity contribution in [2.75, 3.05) is 48.8 Å². The van der Waals surface area contributed by atoms with Crippen molar-refractivity contribution >= 4 is 41.0 Å². The molecule has 0 amide bonds. The van der Waals surface area contributed by atoms with Gasteiger partial charge in [0.1, 0.15) is 17.4 Å². The highest BCUT2D eigenvalue weighted by atomic mass is 35.5. The topological polar surface area (TPSA) is 90.3 Å². The van der Waals surface area contributed by atoms with Gasteiger partial charge in [-0.2, -0.15) is 4.98 Å². The third-order valence-corrected chi connectivity index (χ3v) is 3.86. The first-order valence-corrected chi connectivity index (χ1v) is 7.97. The number of fused-ring (bicyclic) bond motifs is 1. The standard InChI is InChI=1S/C15H23N7O.ClH/c1-4-6-16-13-11-12(19-15(20-13)21(2)3)14(18-9-17-11)22-7-5-10(23)8-22;/h9-10,23H,4-8H2,1-3H3,(H,16,19,20);1H. The van der Waals surface area contributed by atoms with Crippen molar-refractivity contribution in [3.8, 4) is 0 Å². The summed E-state index contributed by atoms with van der Waals surface area (Å²) in [7, 11) is 3.82. The molecule has 0 aliphatic carbocycles. The Morgan fingerprint density at radius 2 is 2.08 bits per heavy atom. The Balaban J connectivity index is 0.00000208. The second-order valence-corrected chi connectivity index (χ2v) is 5.98. The molecule has 2 aromatic rings. The van der Waals surface area contributed by atoms with E-state index in [9.17, 15) is 5.11 Å². The Morgan fingerprint density at radius 3 is 2.71 bits per heavy atom. The molecule has 8 nitrogen and oxygen atoms in total. The number of aliphatic hydroxyl groups excluding tert-OH is 1. The Morgan fingerprint density at radius 1 is 1.29 bits per heavy atom. The van der Waals surface area contributed by atoms with Gasteiger partial charge in [0.25, 0.3) is 0 Å². The van der Waals surface area contributed by atoms with Gasteiger partial charge in [0.2, 0.25) is 5.95 Å². The summed E-state index contributed by atoms with van der Waals surface area (Å²) in [5, 5.41) is 13.1. The van der Waals surface area contributed by atoms with Gasteiger partial charge in [0.15, 0.2) is 11.6 Å². The second kappa shape index (κ2) is 7.76. The van der Waals surface area contributed by atoms with Gasteiger partial charge in [-0.15, -0.1) is 12.4 Å². The van der Waals surface area contributed by atoms with Gasteiger partial charge in [0.05, 0.1) is 6.10 Å². The van der Waals surface area contributed by atoms with E-state index in [1.807, 2.05) is 19.0 Å². The van der Waals surface area contributed by atoms with Crippen LogP contribution in [0.5, 0.6) is 0 Å². The number of anilines is 3. The fourth-order valence-electron chi connectivity index (χ4n) is 2.66. The van der Waals surface area contributed by atoms with E-state index in [1.165, 1.54) is 6.33 Å². The molecule has 2 aromatic heterocycles. The normalized spacial score (nSPS) is 17.0. The number of nitrogens with zero attached hydrogens (tertiary/aromatic N) is 6. The van der Waals surface area contributed by atoms with Crippen molar-refractivity contribution < 1.29 is 5.11 Å². The number of nitrogens with one attached hydrogen (secondary N) is 1. The first-order valence-electron chi connectivity index (χ1n) is 7.97. The first kappa shape index (κ1) is 18.4. The molecule has 3 heterocycles. The molecule has 1 atom stereocenters. The van der Waals surface area contributed by atoms with E-state index in [0.717, 1.165) is 48.6 Å². The highest BCUT2D eigenvalue weighted by Crippen LogP contribution is 2.29. The van der Waals surface area contributed by atoms with E-state index in [2.05, 4.69) is 37.1 Å². The molecular formula is C15H24ClN7O. The Hall–Kier alpha value is -1.93. The zero-order chi connectivity index (χ0) is 16.4. The third-order valence-electron chi connectivity index (χ3n) is 3.86. The lowest BCUT2D eigenvalue weighted by molar-refractivity contribution is 0.198. The quantitative estimate of drug-likeness (QED) is 0.831. The molecule has 24 heavy (non-hydrogen) atoms. The average Bonchev–Trinajstić information content (AvgIpc) is 2.98. The van der Waals surface area contributed by atoms with Gasteiger partial charge in [-0.05, 0) is 12.8 Å². The summed E-state index contributed by atoms with van der Waals surface area (Å²) in [6.07, 6.45) is 2.97. The smallest absolute Gasteiger partial charge is 0.227 e. The molecule has 0 aromatic carbocycles. The Kier molecular flexibility index (Phi) is 5.95. The number of hydrogen-bond donors (Lipinski definition) is 2. The Labute approximate surface area is 147 Å². The van der Waals surface area contributed by atoms with Crippen LogP contribution in [0.15, 0.2) is 6.33 Å². The molecule has 3 rings (SSSR count). The minimum atomic E-state index is -0.312. The molecule has 2 N–H and O–H groups in total. The third kappa shape index (κ3) is 3.59. The molecule has 0 radical (unpaired) electrons. The van der Waals surface area contributed by atoms with Crippen LogP contribution in [0.2, 0.25) is 0 Å². The number of aliphatic hydroxyl groups is 1. The van der Waals surface area contributed by atoms with Gasteiger partial charge in [-0.25, -0.2) is 15.0 Å². The van der Waals surface area contributed by atoms with E-state index < -0.39 is 0 Å². The number of rotatable bonds is 5. The maximum absolute atomic E-state index is 9.81. The highest BCUT2D eigenvalue weighted by Gasteiger charge is 2.25. The van der Waals surface area contributed by atoms with Crippen LogP contribution in [0.25, 0.3) is 11.0 Å². The summed E-state index contributed by atoms with van der Waals surface area (Å²) in [6.45, 7) is 4.27. The van der Waals surface area contributed by atoms with Gasteiger partial charge in [-0.1, -0.05) is 6.92 Å². The highest BCUT2D eigenvalue weighted by molar-refractivity contribution is 5.93. The van der Waals surface area contributed by atoms with Crippen LogP contribution in [0.3, 0.4) is 0 Å². The van der Waals surface area contributed by atoms with Crippen molar-refractivity contribution in [2.24, 2.45) is 0 Å². The second-order valence-electron chi connectivity index (χ2n) is 5.98. The van der Waals surface area contributed by atoms with Crippen molar-refractivity contribution in [3.05, 3.63) is 6.33 Å². The summed E-state index contributed by atoms with van der Waals surface area (Å²) < 4.78 is 0. The zero-order valence-electron chi connectivity index (χ0n) is 14.2. The van der Waals surface area contributed by atoms with Crippen LogP contribution in [0.1, 0.15) is 19.8 Å². The maximum atomic E-state index is 9.81. The van der Waals surface area contributed by atoms with Crippen LogP contribution in [-0.4, -0.2) is 64.9 Å². The van der Waals surface area contributed by atoms with Gasteiger partial charge >= 0.3 is 0 Å². The largest absolute Gasteiger partial charge is 0.391 e. The lowest BCUT2D eigenvalue weighted by Gasteiger charge is -2.20. The van der Waals surface area contributed by atoms with Crippen molar-refractivity contribution in [2.45, 2.75) is 25.9 Å². The number of hydrogen-bond acceptors (Lipinski definition) is 8. The summed E-state index contributed by atoms with van der Waals surface area (Å²) in [5.41, 5.74) is 1.44. The molecule has 132 valence electrons. The minimum absolute atomic E-state index is 0. The number of β-amino-alcohol motifs (C(OH)–C–C–N with tert-alkyl or cyclic N) is 1. The van der Waals surface area contributed by atoms with E-state index >= 15 is 0 Å². The average molecular weight is 354 g/mol.